The standard InChI is InChI=1S/C17H22N4O3/c1-12-2-3-13(18)10-14(12)15-11-16(21-4-7-23-8-5-21)20-17(19-15)24-9-6-22/h2-3,10-11,22H,4-9,18H2,1H3. The number of aryl methyl sites for hydroxylation is 1. The van der Waals surface area contributed by atoms with Crippen LogP contribution < -0.4 is 15.4 Å². The van der Waals surface area contributed by atoms with E-state index in [1.165, 1.54) is 0 Å². The maximum absolute atomic E-state index is 8.99. The van der Waals surface area contributed by atoms with Crippen LogP contribution in [0.15, 0.2) is 24.3 Å². The molecule has 0 unspecified atom stereocenters. The highest BCUT2D eigenvalue weighted by Crippen LogP contribution is 2.28. The second-order valence-electron chi connectivity index (χ2n) is 5.64. The maximum Gasteiger partial charge on any atom is 0.319 e. The second-order valence-corrected chi connectivity index (χ2v) is 5.64. The average molecular weight is 330 g/mol. The Balaban J connectivity index is 2.01. The Hall–Kier alpha value is -2.38. The Morgan fingerprint density at radius 3 is 2.79 bits per heavy atom. The highest BCUT2D eigenvalue weighted by molar-refractivity contribution is 5.70. The smallest absolute Gasteiger partial charge is 0.319 e. The number of ether oxygens (including phenoxy) is 2. The number of hydrogen-bond donors (Lipinski definition) is 2. The van der Waals surface area contributed by atoms with Gasteiger partial charge >= 0.3 is 6.01 Å². The van der Waals surface area contributed by atoms with Crippen LogP contribution in [-0.2, 0) is 4.74 Å². The van der Waals surface area contributed by atoms with Gasteiger partial charge < -0.3 is 25.2 Å². The molecule has 0 atom stereocenters. The monoisotopic (exact) mass is 330 g/mol. The van der Waals surface area contributed by atoms with Gasteiger partial charge in [0.2, 0.25) is 0 Å². The Morgan fingerprint density at radius 2 is 2.04 bits per heavy atom. The van der Waals surface area contributed by atoms with Crippen LogP contribution in [0.3, 0.4) is 0 Å². The summed E-state index contributed by atoms with van der Waals surface area (Å²) in [5, 5.41) is 8.99. The van der Waals surface area contributed by atoms with Crippen LogP contribution in [0.5, 0.6) is 6.01 Å². The molecule has 2 aromatic rings. The number of aliphatic hydroxyl groups is 1. The van der Waals surface area contributed by atoms with Crippen LogP contribution in [0, 0.1) is 6.92 Å². The van der Waals surface area contributed by atoms with Gasteiger partial charge in [0.05, 0.1) is 25.5 Å². The van der Waals surface area contributed by atoms with Crippen LogP contribution in [-0.4, -0.2) is 54.6 Å². The van der Waals surface area contributed by atoms with Gasteiger partial charge in [-0.05, 0) is 24.6 Å². The van der Waals surface area contributed by atoms with Crippen LogP contribution in [0.4, 0.5) is 11.5 Å². The van der Waals surface area contributed by atoms with E-state index in [9.17, 15) is 0 Å². The van der Waals surface area contributed by atoms with Gasteiger partial charge in [-0.3, -0.25) is 0 Å². The highest BCUT2D eigenvalue weighted by Gasteiger charge is 2.17. The van der Waals surface area contributed by atoms with Crippen molar-refractivity contribution < 1.29 is 14.6 Å². The number of morpholine rings is 1. The molecule has 0 bridgehead atoms. The molecule has 1 saturated heterocycles. The van der Waals surface area contributed by atoms with Crippen molar-refractivity contribution in [3.63, 3.8) is 0 Å². The zero-order chi connectivity index (χ0) is 16.9. The lowest BCUT2D eigenvalue weighted by Crippen LogP contribution is -2.36. The van der Waals surface area contributed by atoms with Crippen molar-refractivity contribution in [3.05, 3.63) is 29.8 Å². The first-order valence-corrected chi connectivity index (χ1v) is 7.99. The van der Waals surface area contributed by atoms with Gasteiger partial charge in [0.1, 0.15) is 12.4 Å². The SMILES string of the molecule is Cc1ccc(N)cc1-c1cc(N2CCOCC2)nc(OCCO)n1. The lowest BCUT2D eigenvalue weighted by Gasteiger charge is -2.28. The van der Waals surface area contributed by atoms with Gasteiger partial charge in [0.25, 0.3) is 0 Å². The first-order chi connectivity index (χ1) is 11.7. The lowest BCUT2D eigenvalue weighted by molar-refractivity contribution is 0.122. The van der Waals surface area contributed by atoms with Crippen molar-refractivity contribution >= 4 is 11.5 Å². The molecule has 0 saturated carbocycles. The number of hydrogen-bond acceptors (Lipinski definition) is 7. The molecule has 24 heavy (non-hydrogen) atoms. The summed E-state index contributed by atoms with van der Waals surface area (Å²) in [6.45, 7) is 4.96. The first kappa shape index (κ1) is 16.5. The summed E-state index contributed by atoms with van der Waals surface area (Å²) in [5.74, 6) is 0.790. The molecule has 0 aliphatic carbocycles. The Kier molecular flexibility index (Phi) is 5.12. The van der Waals surface area contributed by atoms with E-state index in [1.54, 1.807) is 0 Å². The van der Waals surface area contributed by atoms with Crippen molar-refractivity contribution in [1.82, 2.24) is 9.97 Å². The van der Waals surface area contributed by atoms with Crippen molar-refractivity contribution in [3.8, 4) is 17.3 Å². The largest absolute Gasteiger partial charge is 0.461 e. The van der Waals surface area contributed by atoms with Gasteiger partial charge in [-0.15, -0.1) is 0 Å². The van der Waals surface area contributed by atoms with Crippen LogP contribution in [0.25, 0.3) is 11.3 Å². The number of benzene rings is 1. The van der Waals surface area contributed by atoms with E-state index in [-0.39, 0.29) is 19.2 Å². The summed E-state index contributed by atoms with van der Waals surface area (Å²) < 4.78 is 10.9. The number of rotatable bonds is 5. The Morgan fingerprint density at radius 1 is 1.25 bits per heavy atom. The molecule has 1 aliphatic heterocycles. The molecule has 0 amide bonds. The minimum Gasteiger partial charge on any atom is -0.461 e. The molecule has 0 radical (unpaired) electrons. The molecular formula is C17H22N4O3. The summed E-state index contributed by atoms with van der Waals surface area (Å²) in [6.07, 6.45) is 0. The van der Waals surface area contributed by atoms with Gasteiger partial charge in [0, 0.05) is 30.4 Å². The van der Waals surface area contributed by atoms with Gasteiger partial charge in [-0.2, -0.15) is 9.97 Å². The number of aromatic nitrogens is 2. The van der Waals surface area contributed by atoms with Crippen molar-refractivity contribution in [2.24, 2.45) is 0 Å². The van der Waals surface area contributed by atoms with Gasteiger partial charge in [-0.1, -0.05) is 6.07 Å². The number of nitrogens with two attached hydrogens (primary N) is 1. The molecule has 3 rings (SSSR count). The zero-order valence-corrected chi connectivity index (χ0v) is 13.7. The molecule has 1 aromatic carbocycles. The van der Waals surface area contributed by atoms with E-state index < -0.39 is 0 Å². The summed E-state index contributed by atoms with van der Waals surface area (Å²) >= 11 is 0. The minimum absolute atomic E-state index is 0.0855. The third-order valence-electron chi connectivity index (χ3n) is 3.89. The molecule has 7 heteroatoms. The topological polar surface area (TPSA) is 93.7 Å². The van der Waals surface area contributed by atoms with Crippen molar-refractivity contribution in [1.29, 1.82) is 0 Å². The van der Waals surface area contributed by atoms with E-state index in [1.807, 2.05) is 31.2 Å². The number of nitrogen functional groups attached to an aromatic ring is 1. The van der Waals surface area contributed by atoms with Gasteiger partial charge in [0.15, 0.2) is 0 Å². The molecule has 1 aliphatic rings. The van der Waals surface area contributed by atoms with Crippen LogP contribution in [0.1, 0.15) is 5.56 Å². The minimum atomic E-state index is -0.0855. The summed E-state index contributed by atoms with van der Waals surface area (Å²) in [6, 6.07) is 7.93. The summed E-state index contributed by atoms with van der Waals surface area (Å²) in [5.41, 5.74) is 9.38. The molecule has 0 spiro atoms. The van der Waals surface area contributed by atoms with Gasteiger partial charge in [-0.25, -0.2) is 0 Å². The summed E-state index contributed by atoms with van der Waals surface area (Å²) in [4.78, 5) is 11.1. The molecule has 1 aromatic heterocycles. The van der Waals surface area contributed by atoms with Crippen LogP contribution >= 0.6 is 0 Å². The van der Waals surface area contributed by atoms with E-state index in [2.05, 4.69) is 14.9 Å². The average Bonchev–Trinajstić information content (AvgIpc) is 2.62. The van der Waals surface area contributed by atoms with E-state index in [0.29, 0.717) is 18.9 Å². The fourth-order valence-corrected chi connectivity index (χ4v) is 2.62. The number of nitrogens with zero attached hydrogens (tertiary/aromatic N) is 3. The predicted molar refractivity (Wildman–Crippen MR) is 92.2 cm³/mol. The first-order valence-electron chi connectivity index (χ1n) is 7.99. The van der Waals surface area contributed by atoms with Crippen LogP contribution in [0.2, 0.25) is 0 Å². The Labute approximate surface area is 141 Å². The zero-order valence-electron chi connectivity index (χ0n) is 13.7. The Bertz CT molecular complexity index is 702. The van der Waals surface area contributed by atoms with E-state index >= 15 is 0 Å². The lowest BCUT2D eigenvalue weighted by atomic mass is 10.0. The van der Waals surface area contributed by atoms with Crippen molar-refractivity contribution in [2.75, 3.05) is 50.2 Å². The normalized spacial score (nSPS) is 14.7. The predicted octanol–water partition coefficient (Wildman–Crippen LogP) is 1.24. The fourth-order valence-electron chi connectivity index (χ4n) is 2.62. The highest BCUT2D eigenvalue weighted by atomic mass is 16.5. The third kappa shape index (κ3) is 3.74. The molecule has 7 nitrogen and oxygen atoms in total. The molecule has 3 N–H and O–H groups in total. The second kappa shape index (κ2) is 7.46. The fraction of sp³-hybridized carbons (Fsp3) is 0.412. The van der Waals surface area contributed by atoms with Crippen molar-refractivity contribution in [2.45, 2.75) is 6.92 Å². The quantitative estimate of drug-likeness (QED) is 0.797. The maximum atomic E-state index is 8.99. The molecule has 1 fully saturated rings. The number of anilines is 2. The number of aliphatic hydroxyl groups excluding tert-OH is 1. The molecular weight excluding hydrogens is 308 g/mol. The van der Waals surface area contributed by atoms with E-state index in [0.717, 1.165) is 35.7 Å². The molecule has 128 valence electrons. The molecule has 2 heterocycles. The van der Waals surface area contributed by atoms with E-state index in [4.69, 9.17) is 20.3 Å². The third-order valence-corrected chi connectivity index (χ3v) is 3.89. The summed E-state index contributed by atoms with van der Waals surface area (Å²) in [7, 11) is 0.